The van der Waals surface area contributed by atoms with E-state index < -0.39 is 18.1 Å². The van der Waals surface area contributed by atoms with E-state index in [9.17, 15) is 4.79 Å². The van der Waals surface area contributed by atoms with Crippen molar-refractivity contribution in [1.29, 1.82) is 0 Å². The quantitative estimate of drug-likeness (QED) is 0.382. The van der Waals surface area contributed by atoms with Gasteiger partial charge in [0.25, 0.3) is 0 Å². The molecule has 15 heavy (non-hydrogen) atoms. The molecule has 0 rings (SSSR count). The monoisotopic (exact) mass is 241 g/mol. The molecule has 0 spiro atoms. The average molecular weight is 241 g/mol. The fourth-order valence-corrected chi connectivity index (χ4v) is 0.916. The summed E-state index contributed by atoms with van der Waals surface area (Å²) in [7, 11) is 0. The van der Waals surface area contributed by atoms with Crippen molar-refractivity contribution in [3.8, 4) is 0 Å². The molecule has 0 radical (unpaired) electrons. The average Bonchev–Trinajstić information content (AvgIpc) is 2.25. The van der Waals surface area contributed by atoms with Crippen LogP contribution in [0.15, 0.2) is 0 Å². The highest BCUT2D eigenvalue weighted by Gasteiger charge is 2.08. The minimum atomic E-state index is -0.954. The second kappa shape index (κ2) is 11.7. The van der Waals surface area contributed by atoms with Crippen LogP contribution in [0.5, 0.6) is 0 Å². The van der Waals surface area contributed by atoms with Crippen molar-refractivity contribution in [3.05, 3.63) is 0 Å². The van der Waals surface area contributed by atoms with Gasteiger partial charge < -0.3 is 26.2 Å². The number of aliphatic hydroxyl groups excluding tert-OH is 3. The number of nitrogens with two attached hydrogens (primary N) is 1. The number of aliphatic carboxylic acids is 1. The van der Waals surface area contributed by atoms with Gasteiger partial charge in [-0.1, -0.05) is 0 Å². The first-order valence-electron chi connectivity index (χ1n) is 4.36. The van der Waals surface area contributed by atoms with Crippen LogP contribution >= 0.6 is 11.8 Å². The van der Waals surface area contributed by atoms with Crippen molar-refractivity contribution in [2.24, 2.45) is 5.73 Å². The summed E-state index contributed by atoms with van der Waals surface area (Å²) < 4.78 is 0. The zero-order chi connectivity index (χ0) is 12.3. The highest BCUT2D eigenvalue weighted by atomic mass is 32.2. The Labute approximate surface area is 93.1 Å². The van der Waals surface area contributed by atoms with Gasteiger partial charge in [0.05, 0.1) is 13.2 Å². The molecule has 0 bridgehead atoms. The summed E-state index contributed by atoms with van der Waals surface area (Å²) in [5, 5.41) is 32.3. The summed E-state index contributed by atoms with van der Waals surface area (Å²) >= 11 is 1.60. The lowest BCUT2D eigenvalue weighted by atomic mass is 10.2. The van der Waals surface area contributed by atoms with Crippen LogP contribution in [-0.4, -0.2) is 63.8 Å². The van der Waals surface area contributed by atoms with Gasteiger partial charge in [0.15, 0.2) is 0 Å². The molecule has 0 aliphatic rings. The second-order valence-electron chi connectivity index (χ2n) is 2.75. The van der Waals surface area contributed by atoms with Gasteiger partial charge >= 0.3 is 5.97 Å². The highest BCUT2D eigenvalue weighted by Crippen LogP contribution is 1.97. The van der Waals surface area contributed by atoms with Gasteiger partial charge in [0.1, 0.15) is 12.1 Å². The Morgan fingerprint density at radius 3 is 2.07 bits per heavy atom. The number of thioether (sulfide) groups is 1. The van der Waals surface area contributed by atoms with E-state index in [0.717, 1.165) is 5.75 Å². The molecular weight excluding hydrogens is 222 g/mol. The molecule has 0 aromatic rings. The fourth-order valence-electron chi connectivity index (χ4n) is 0.426. The van der Waals surface area contributed by atoms with Crippen LogP contribution in [0.4, 0.5) is 0 Å². The summed E-state index contributed by atoms with van der Waals surface area (Å²) in [5.74, 6) is -0.1000. The molecule has 0 saturated heterocycles. The zero-order valence-corrected chi connectivity index (χ0v) is 9.48. The molecule has 0 heterocycles. The van der Waals surface area contributed by atoms with Gasteiger partial charge in [-0.2, -0.15) is 11.8 Å². The van der Waals surface area contributed by atoms with E-state index in [1.807, 2.05) is 6.26 Å². The van der Waals surface area contributed by atoms with E-state index in [1.165, 1.54) is 0 Å². The van der Waals surface area contributed by atoms with Crippen molar-refractivity contribution in [2.75, 3.05) is 25.2 Å². The molecule has 1 atom stereocenters. The Hall–Kier alpha value is -0.340. The number of rotatable bonds is 6. The van der Waals surface area contributed by atoms with Gasteiger partial charge in [0.2, 0.25) is 0 Å². The third-order valence-corrected chi connectivity index (χ3v) is 2.02. The van der Waals surface area contributed by atoms with Gasteiger partial charge in [-0.15, -0.1) is 0 Å². The Morgan fingerprint density at radius 2 is 1.87 bits per heavy atom. The Kier molecular flexibility index (Phi) is 13.4. The molecule has 0 aromatic heterocycles. The standard InChI is InChI=1S/C5H11NO2S.C3H8O3/c1-9-3-2-4(6)5(7)8;4-1-3(6)2-5/h4H,2-3,6H2,1H3,(H,7,8);3-6H,1-2H2/t4-;/m0./s1. The van der Waals surface area contributed by atoms with Crippen LogP contribution in [0.1, 0.15) is 6.42 Å². The molecule has 0 fully saturated rings. The van der Waals surface area contributed by atoms with E-state index >= 15 is 0 Å². The van der Waals surface area contributed by atoms with Crippen molar-refractivity contribution < 1.29 is 25.2 Å². The maximum Gasteiger partial charge on any atom is 0.320 e. The van der Waals surface area contributed by atoms with Gasteiger partial charge in [-0.3, -0.25) is 4.79 Å². The van der Waals surface area contributed by atoms with E-state index in [0.29, 0.717) is 6.42 Å². The smallest absolute Gasteiger partial charge is 0.320 e. The van der Waals surface area contributed by atoms with Gasteiger partial charge in [0, 0.05) is 0 Å². The van der Waals surface area contributed by atoms with Crippen molar-refractivity contribution in [1.82, 2.24) is 0 Å². The molecule has 6 nitrogen and oxygen atoms in total. The van der Waals surface area contributed by atoms with E-state index in [2.05, 4.69) is 0 Å². The maximum absolute atomic E-state index is 10.1. The zero-order valence-electron chi connectivity index (χ0n) is 8.67. The number of hydrogen-bond donors (Lipinski definition) is 5. The predicted molar refractivity (Wildman–Crippen MR) is 58.8 cm³/mol. The second-order valence-corrected chi connectivity index (χ2v) is 3.73. The lowest BCUT2D eigenvalue weighted by Crippen LogP contribution is -2.30. The summed E-state index contributed by atoms with van der Waals surface area (Å²) in [6, 6.07) is -0.683. The Bertz CT molecular complexity index is 154. The SMILES string of the molecule is CSCC[C@H](N)C(=O)O.OCC(O)CO. The van der Waals surface area contributed by atoms with Crippen LogP contribution < -0.4 is 5.73 Å². The molecule has 0 saturated carbocycles. The topological polar surface area (TPSA) is 124 Å². The first-order valence-corrected chi connectivity index (χ1v) is 5.76. The van der Waals surface area contributed by atoms with Crippen LogP contribution in [0.3, 0.4) is 0 Å². The number of carboxylic acids is 1. The summed E-state index contributed by atoms with van der Waals surface area (Å²) in [4.78, 5) is 10.1. The van der Waals surface area contributed by atoms with Crippen LogP contribution in [0.25, 0.3) is 0 Å². The largest absolute Gasteiger partial charge is 0.480 e. The van der Waals surface area contributed by atoms with Crippen LogP contribution in [-0.2, 0) is 4.79 Å². The maximum atomic E-state index is 10.1. The van der Waals surface area contributed by atoms with E-state index in [4.69, 9.17) is 26.2 Å². The summed E-state index contributed by atoms with van der Waals surface area (Å²) in [5.41, 5.74) is 5.19. The number of aliphatic hydroxyl groups is 3. The first kappa shape index (κ1) is 17.1. The number of carbonyl (C=O) groups is 1. The lowest BCUT2D eigenvalue weighted by Gasteiger charge is -2.02. The lowest BCUT2D eigenvalue weighted by molar-refractivity contribution is -0.138. The minimum Gasteiger partial charge on any atom is -0.480 e. The highest BCUT2D eigenvalue weighted by molar-refractivity contribution is 7.98. The normalized spacial score (nSPS) is 11.9. The molecule has 0 amide bonds. The van der Waals surface area contributed by atoms with Crippen molar-refractivity contribution >= 4 is 17.7 Å². The van der Waals surface area contributed by atoms with E-state index in [1.54, 1.807) is 11.8 Å². The Balaban J connectivity index is 0. The molecule has 7 heteroatoms. The van der Waals surface area contributed by atoms with Crippen LogP contribution in [0, 0.1) is 0 Å². The first-order chi connectivity index (χ1) is 6.99. The van der Waals surface area contributed by atoms with Gasteiger partial charge in [-0.05, 0) is 18.4 Å². The number of hydrogen-bond acceptors (Lipinski definition) is 6. The van der Waals surface area contributed by atoms with E-state index in [-0.39, 0.29) is 13.2 Å². The van der Waals surface area contributed by atoms with Crippen molar-refractivity contribution in [3.63, 3.8) is 0 Å². The molecule has 0 unspecified atom stereocenters. The molecule has 0 aliphatic heterocycles. The van der Waals surface area contributed by atoms with Gasteiger partial charge in [-0.25, -0.2) is 0 Å². The minimum absolute atomic E-state index is 0.365. The summed E-state index contributed by atoms with van der Waals surface area (Å²) in [6.07, 6.45) is 1.52. The summed E-state index contributed by atoms with van der Waals surface area (Å²) in [6.45, 7) is -0.729. The number of carboxylic acid groups (broad SMARTS) is 1. The van der Waals surface area contributed by atoms with Crippen LogP contribution in [0.2, 0.25) is 0 Å². The fraction of sp³-hybridized carbons (Fsp3) is 0.875. The molecule has 0 aliphatic carbocycles. The molecule has 92 valence electrons. The third-order valence-electron chi connectivity index (χ3n) is 1.37. The predicted octanol–water partition coefficient (Wildman–Crippen LogP) is -1.52. The molecular formula is C8H19NO5S. The molecule has 6 N–H and O–H groups in total. The Morgan fingerprint density at radius 1 is 1.40 bits per heavy atom. The third kappa shape index (κ3) is 13.7. The molecule has 0 aromatic carbocycles. The van der Waals surface area contributed by atoms with Crippen molar-refractivity contribution in [2.45, 2.75) is 18.6 Å².